The number of aromatic nitrogens is 2. The molecule has 4 heterocycles. The molecule has 3 fully saturated rings. The monoisotopic (exact) mass is 879 g/mol. The van der Waals surface area contributed by atoms with E-state index in [-0.39, 0.29) is 28.1 Å². The van der Waals surface area contributed by atoms with Gasteiger partial charge in [-0.15, -0.1) is 0 Å². The Hall–Kier alpha value is -5.25. The lowest BCUT2D eigenvalue weighted by atomic mass is 9.58. The molecule has 63 heavy (non-hydrogen) atoms. The number of rotatable bonds is 15. The van der Waals surface area contributed by atoms with Crippen LogP contribution in [0, 0.1) is 32.8 Å². The quantitative estimate of drug-likeness (QED) is 0.0768. The highest BCUT2D eigenvalue weighted by atomic mass is 32.2. The number of H-pyrrole nitrogens is 1. The summed E-state index contributed by atoms with van der Waals surface area (Å²) in [5.41, 5.74) is 6.13. The lowest BCUT2D eigenvalue weighted by Crippen LogP contribution is -2.47. The van der Waals surface area contributed by atoms with Crippen molar-refractivity contribution >= 4 is 44.0 Å². The molecule has 0 unspecified atom stereocenters. The Kier molecular flexibility index (Phi) is 12.7. The summed E-state index contributed by atoms with van der Waals surface area (Å²) in [4.78, 5) is 37.4. The average molecular weight is 880 g/mol. The second-order valence-corrected chi connectivity index (χ2v) is 21.1. The largest absolute Gasteiger partial charge is 0.455 e. The van der Waals surface area contributed by atoms with Crippen molar-refractivity contribution in [2.75, 3.05) is 62.7 Å². The van der Waals surface area contributed by atoms with Crippen molar-refractivity contribution in [3.8, 4) is 11.5 Å². The van der Waals surface area contributed by atoms with Gasteiger partial charge in [0.15, 0.2) is 0 Å². The standard InChI is InChI=1S/C48H61N7O7S/c1-32(2)22-33(3)41-28-47(4,5)12-10-36(41)31-53-16-18-54(19-17-53)37-6-8-40(44(24-37)62-38-23-35-11-15-49-45(35)51-30-38)46(56)52-63(59,60)39-7-9-42(43(25-39)55(57)58)50-29-34-26-48(27-34)13-20-61-21-14-48/h6-9,11,15,23-25,30,32,34,50H,3,10,12-14,16-22,26-29,31H2,1-2,4-5H3,(H,49,51)(H,52,56). The fourth-order valence-electron chi connectivity index (χ4n) is 10.0. The molecule has 4 aliphatic rings. The maximum absolute atomic E-state index is 14.0. The van der Waals surface area contributed by atoms with Gasteiger partial charge in [0.2, 0.25) is 0 Å². The predicted octanol–water partition coefficient (Wildman–Crippen LogP) is 9.23. The number of hydrogen-bond acceptors (Lipinski definition) is 11. The molecule has 4 aromatic rings. The molecule has 14 nitrogen and oxygen atoms in total. The normalized spacial score (nSPS) is 19.3. The maximum atomic E-state index is 14.0. The van der Waals surface area contributed by atoms with E-state index in [1.807, 2.05) is 6.07 Å². The summed E-state index contributed by atoms with van der Waals surface area (Å²) in [7, 11) is -4.55. The first-order chi connectivity index (χ1) is 30.1. The van der Waals surface area contributed by atoms with Crippen LogP contribution in [-0.4, -0.2) is 86.6 Å². The fraction of sp³-hybridized carbons (Fsp3) is 0.500. The number of piperazine rings is 1. The number of anilines is 2. The summed E-state index contributed by atoms with van der Waals surface area (Å²) in [6, 6.07) is 12.4. The Morgan fingerprint density at radius 3 is 2.56 bits per heavy atom. The molecule has 0 radical (unpaired) electrons. The summed E-state index contributed by atoms with van der Waals surface area (Å²) in [5.74, 6) is 0.493. The van der Waals surface area contributed by atoms with Gasteiger partial charge in [-0.25, -0.2) is 18.1 Å². The fourth-order valence-corrected chi connectivity index (χ4v) is 11.0. The first kappa shape index (κ1) is 44.4. The van der Waals surface area contributed by atoms with Crippen LogP contribution in [-0.2, 0) is 14.8 Å². The number of sulfonamides is 1. The number of nitro benzene ring substituents is 1. The molecule has 2 saturated heterocycles. The number of aromatic amines is 1. The topological polar surface area (TPSA) is 172 Å². The van der Waals surface area contributed by atoms with Crippen LogP contribution in [0.3, 0.4) is 0 Å². The molecule has 1 amide bonds. The van der Waals surface area contributed by atoms with Crippen LogP contribution in [0.2, 0.25) is 0 Å². The number of benzene rings is 2. The minimum absolute atomic E-state index is 0.0213. The lowest BCUT2D eigenvalue weighted by Gasteiger charge is -2.50. The number of carbonyl (C=O) groups excluding carboxylic acids is 1. The Bertz CT molecular complexity index is 2510. The van der Waals surface area contributed by atoms with Gasteiger partial charge >= 0.3 is 0 Å². The van der Waals surface area contributed by atoms with E-state index >= 15 is 0 Å². The summed E-state index contributed by atoms with van der Waals surface area (Å²) in [6.07, 6.45) is 11.8. The van der Waals surface area contributed by atoms with Gasteiger partial charge in [0, 0.05) is 81.9 Å². The molecular formula is C48H61N7O7S. The van der Waals surface area contributed by atoms with Crippen molar-refractivity contribution in [3.05, 3.63) is 99.9 Å². The molecule has 2 aromatic heterocycles. The van der Waals surface area contributed by atoms with E-state index in [9.17, 15) is 23.3 Å². The van der Waals surface area contributed by atoms with Crippen molar-refractivity contribution in [2.24, 2.45) is 22.7 Å². The van der Waals surface area contributed by atoms with Gasteiger partial charge in [0.1, 0.15) is 22.8 Å². The van der Waals surface area contributed by atoms with Gasteiger partial charge in [0.05, 0.1) is 21.6 Å². The maximum Gasteiger partial charge on any atom is 0.293 e. The number of nitrogens with one attached hydrogen (secondary N) is 3. The Balaban J connectivity index is 0.976. The number of nitro groups is 1. The molecule has 2 aliphatic carbocycles. The average Bonchev–Trinajstić information content (AvgIpc) is 3.71. The smallest absolute Gasteiger partial charge is 0.293 e. The summed E-state index contributed by atoms with van der Waals surface area (Å²) < 4.78 is 41.5. The third kappa shape index (κ3) is 10.3. The molecule has 2 aliphatic heterocycles. The number of carbonyl (C=O) groups is 1. The van der Waals surface area contributed by atoms with Crippen LogP contribution in [0.25, 0.3) is 11.0 Å². The van der Waals surface area contributed by atoms with Gasteiger partial charge in [-0.1, -0.05) is 45.4 Å². The molecule has 1 spiro atoms. The van der Waals surface area contributed by atoms with Crippen molar-refractivity contribution in [2.45, 2.75) is 84.0 Å². The highest BCUT2D eigenvalue weighted by molar-refractivity contribution is 7.90. The van der Waals surface area contributed by atoms with Crippen molar-refractivity contribution in [3.63, 3.8) is 0 Å². The molecule has 3 N–H and O–H groups in total. The summed E-state index contributed by atoms with van der Waals surface area (Å²) in [5, 5.41) is 16.2. The molecule has 1 saturated carbocycles. The number of amides is 1. The van der Waals surface area contributed by atoms with Crippen molar-refractivity contribution < 1.29 is 27.6 Å². The van der Waals surface area contributed by atoms with E-state index in [1.54, 1.807) is 30.5 Å². The van der Waals surface area contributed by atoms with E-state index in [0.29, 0.717) is 35.2 Å². The van der Waals surface area contributed by atoms with Gasteiger partial charge in [-0.3, -0.25) is 19.8 Å². The van der Waals surface area contributed by atoms with Crippen LogP contribution >= 0.6 is 0 Å². The summed E-state index contributed by atoms with van der Waals surface area (Å²) >= 11 is 0. The molecule has 8 rings (SSSR count). The number of hydrogen-bond donors (Lipinski definition) is 3. The number of allylic oxidation sites excluding steroid dienone is 2. The zero-order valence-corrected chi connectivity index (χ0v) is 37.8. The van der Waals surface area contributed by atoms with E-state index in [0.717, 1.165) is 108 Å². The molecule has 336 valence electrons. The number of ether oxygens (including phenoxy) is 2. The van der Waals surface area contributed by atoms with Crippen LogP contribution < -0.4 is 19.7 Å². The molecule has 2 aromatic carbocycles. The number of fused-ring (bicyclic) bond motifs is 1. The van der Waals surface area contributed by atoms with Crippen LogP contribution in [0.4, 0.5) is 17.1 Å². The highest BCUT2D eigenvalue weighted by Gasteiger charge is 2.44. The first-order valence-corrected chi connectivity index (χ1v) is 23.8. The van der Waals surface area contributed by atoms with Gasteiger partial charge < -0.3 is 24.7 Å². The highest BCUT2D eigenvalue weighted by Crippen LogP contribution is 2.52. The SMILES string of the molecule is C=C(CC(C)C)C1=C(CN2CCN(c3ccc(C(=O)NS(=O)(=O)c4ccc(NCC5CC6(CCOCC6)C5)c([N+](=O)[O-])c4)c(Oc4cnc5[nH]ccc5c4)c3)CC2)CCC(C)(C)C1. The van der Waals surface area contributed by atoms with Gasteiger partial charge in [0.25, 0.3) is 21.6 Å². The van der Waals surface area contributed by atoms with Crippen molar-refractivity contribution in [1.82, 2.24) is 19.6 Å². The second kappa shape index (κ2) is 18.1. The van der Waals surface area contributed by atoms with Crippen LogP contribution in [0.15, 0.2) is 89.1 Å². The molecule has 15 heteroatoms. The van der Waals surface area contributed by atoms with E-state index in [2.05, 4.69) is 64.1 Å². The predicted molar refractivity (Wildman–Crippen MR) is 246 cm³/mol. The van der Waals surface area contributed by atoms with Gasteiger partial charge in [-0.05, 0) is 116 Å². The third-order valence-corrected chi connectivity index (χ3v) is 14.8. The minimum atomic E-state index is -4.55. The van der Waals surface area contributed by atoms with Gasteiger partial charge in [-0.2, -0.15) is 0 Å². The molecular weight excluding hydrogens is 819 g/mol. The number of pyridine rings is 1. The van der Waals surface area contributed by atoms with E-state index < -0.39 is 25.7 Å². The minimum Gasteiger partial charge on any atom is -0.455 e. The number of nitrogens with zero attached hydrogens (tertiary/aromatic N) is 4. The molecule has 0 atom stereocenters. The summed E-state index contributed by atoms with van der Waals surface area (Å²) in [6.45, 7) is 19.9. The Labute approximate surface area is 370 Å². The zero-order valence-electron chi connectivity index (χ0n) is 37.0. The Morgan fingerprint density at radius 1 is 1.06 bits per heavy atom. The van der Waals surface area contributed by atoms with E-state index in [1.165, 1.54) is 41.5 Å². The van der Waals surface area contributed by atoms with Crippen molar-refractivity contribution in [1.29, 1.82) is 0 Å². The second-order valence-electron chi connectivity index (χ2n) is 19.4. The lowest BCUT2D eigenvalue weighted by molar-refractivity contribution is -0.384. The van der Waals surface area contributed by atoms with E-state index in [4.69, 9.17) is 9.47 Å². The Morgan fingerprint density at radius 2 is 1.83 bits per heavy atom. The zero-order chi connectivity index (χ0) is 44.5. The third-order valence-electron chi connectivity index (χ3n) is 13.5. The molecule has 0 bridgehead atoms. The van der Waals surface area contributed by atoms with Crippen LogP contribution in [0.5, 0.6) is 11.5 Å². The van der Waals surface area contributed by atoms with Crippen LogP contribution in [0.1, 0.15) is 89.4 Å². The first-order valence-electron chi connectivity index (χ1n) is 22.3.